The van der Waals surface area contributed by atoms with Crippen molar-refractivity contribution in [1.29, 1.82) is 0 Å². The van der Waals surface area contributed by atoms with Crippen molar-refractivity contribution in [3.05, 3.63) is 29.8 Å². The monoisotopic (exact) mass is 290 g/mol. The predicted molar refractivity (Wildman–Crippen MR) is 84.3 cm³/mol. The van der Waals surface area contributed by atoms with Gasteiger partial charge in [0.25, 0.3) is 0 Å². The normalized spacial score (nSPS) is 15.1. The summed E-state index contributed by atoms with van der Waals surface area (Å²) in [4.78, 5) is 11.7. The summed E-state index contributed by atoms with van der Waals surface area (Å²) in [5.41, 5.74) is 6.55. The summed E-state index contributed by atoms with van der Waals surface area (Å²) in [6.07, 6.45) is 7.33. The van der Waals surface area contributed by atoms with Gasteiger partial charge in [0.2, 0.25) is 5.91 Å². The number of hydrogen-bond donors (Lipinski definition) is 2. The zero-order valence-electron chi connectivity index (χ0n) is 12.6. The van der Waals surface area contributed by atoms with Crippen LogP contribution in [-0.2, 0) is 11.2 Å². The summed E-state index contributed by atoms with van der Waals surface area (Å²) in [5.74, 6) is 1.02. The topological polar surface area (TPSA) is 64.3 Å². The first-order valence-corrected chi connectivity index (χ1v) is 8.00. The molecule has 4 nitrogen and oxygen atoms in total. The Morgan fingerprint density at radius 1 is 1.33 bits per heavy atom. The van der Waals surface area contributed by atoms with E-state index < -0.39 is 0 Å². The molecule has 0 atom stereocenters. The standard InChI is InChI=1S/C17H26N2O2/c18-11-4-12-19-17(20)10-9-14-5-3-8-16(13-14)21-15-6-1-2-7-15/h3,5,8,13,15H,1-2,4,6-7,9-12,18H2,(H,19,20). The van der Waals surface area contributed by atoms with E-state index in [2.05, 4.69) is 17.4 Å². The molecule has 4 heteroatoms. The van der Waals surface area contributed by atoms with Crippen LogP contribution in [0.1, 0.15) is 44.1 Å². The van der Waals surface area contributed by atoms with Gasteiger partial charge in [0.1, 0.15) is 5.75 Å². The number of hydrogen-bond acceptors (Lipinski definition) is 3. The van der Waals surface area contributed by atoms with Crippen molar-refractivity contribution in [2.75, 3.05) is 13.1 Å². The molecule has 0 saturated heterocycles. The molecule has 1 fully saturated rings. The lowest BCUT2D eigenvalue weighted by Crippen LogP contribution is -2.26. The largest absolute Gasteiger partial charge is 0.490 e. The number of aryl methyl sites for hydroxylation is 1. The van der Waals surface area contributed by atoms with Crippen molar-refractivity contribution in [3.8, 4) is 5.75 Å². The number of carbonyl (C=O) groups excluding carboxylic acids is 1. The molecule has 0 heterocycles. The van der Waals surface area contributed by atoms with Crippen molar-refractivity contribution in [2.24, 2.45) is 5.73 Å². The molecule has 0 aliphatic heterocycles. The van der Waals surface area contributed by atoms with Gasteiger partial charge in [-0.15, -0.1) is 0 Å². The molecule has 116 valence electrons. The second kappa shape index (κ2) is 8.67. The Morgan fingerprint density at radius 3 is 2.90 bits per heavy atom. The number of benzene rings is 1. The Balaban J connectivity index is 1.76. The van der Waals surface area contributed by atoms with Crippen LogP contribution in [0.15, 0.2) is 24.3 Å². The summed E-state index contributed by atoms with van der Waals surface area (Å²) in [6.45, 7) is 1.28. The van der Waals surface area contributed by atoms with Gasteiger partial charge in [-0.2, -0.15) is 0 Å². The van der Waals surface area contributed by atoms with Crippen LogP contribution in [0.3, 0.4) is 0 Å². The fourth-order valence-corrected chi connectivity index (χ4v) is 2.65. The van der Waals surface area contributed by atoms with Gasteiger partial charge < -0.3 is 15.8 Å². The molecule has 0 aromatic heterocycles. The molecule has 2 rings (SSSR count). The van der Waals surface area contributed by atoms with Crippen molar-refractivity contribution >= 4 is 5.91 Å². The Kier molecular flexibility index (Phi) is 6.54. The Hall–Kier alpha value is -1.55. The summed E-state index contributed by atoms with van der Waals surface area (Å²) >= 11 is 0. The van der Waals surface area contributed by atoms with E-state index in [-0.39, 0.29) is 5.91 Å². The summed E-state index contributed by atoms with van der Waals surface area (Å²) < 4.78 is 5.99. The van der Waals surface area contributed by atoms with Gasteiger partial charge in [-0.25, -0.2) is 0 Å². The maximum absolute atomic E-state index is 11.7. The molecule has 1 aromatic carbocycles. The van der Waals surface area contributed by atoms with Crippen molar-refractivity contribution in [1.82, 2.24) is 5.32 Å². The maximum atomic E-state index is 11.7. The Morgan fingerprint density at radius 2 is 2.14 bits per heavy atom. The minimum absolute atomic E-state index is 0.0885. The molecule has 0 bridgehead atoms. The first kappa shape index (κ1) is 15.8. The summed E-state index contributed by atoms with van der Waals surface area (Å²) in [7, 11) is 0. The minimum atomic E-state index is 0.0885. The van der Waals surface area contributed by atoms with E-state index in [4.69, 9.17) is 10.5 Å². The third-order valence-electron chi connectivity index (χ3n) is 3.85. The Bertz CT molecular complexity index is 442. The fraction of sp³-hybridized carbons (Fsp3) is 0.588. The van der Waals surface area contributed by atoms with Crippen LogP contribution in [0.2, 0.25) is 0 Å². The van der Waals surface area contributed by atoms with Gasteiger partial charge in [-0.3, -0.25) is 4.79 Å². The van der Waals surface area contributed by atoms with Crippen molar-refractivity contribution in [2.45, 2.75) is 51.0 Å². The van der Waals surface area contributed by atoms with Crippen LogP contribution in [0.25, 0.3) is 0 Å². The van der Waals surface area contributed by atoms with Gasteiger partial charge in [0, 0.05) is 13.0 Å². The molecule has 3 N–H and O–H groups in total. The number of amides is 1. The van der Waals surface area contributed by atoms with E-state index >= 15 is 0 Å². The molecule has 0 unspecified atom stereocenters. The highest BCUT2D eigenvalue weighted by molar-refractivity contribution is 5.76. The number of nitrogens with two attached hydrogens (primary N) is 1. The van der Waals surface area contributed by atoms with Gasteiger partial charge in [-0.1, -0.05) is 12.1 Å². The van der Waals surface area contributed by atoms with Gasteiger partial charge in [-0.05, 0) is 62.8 Å². The van der Waals surface area contributed by atoms with Crippen molar-refractivity contribution < 1.29 is 9.53 Å². The van der Waals surface area contributed by atoms with E-state index in [9.17, 15) is 4.79 Å². The molecule has 1 aromatic rings. The lowest BCUT2D eigenvalue weighted by Gasteiger charge is -2.13. The highest BCUT2D eigenvalue weighted by Gasteiger charge is 2.16. The molecule has 21 heavy (non-hydrogen) atoms. The summed E-state index contributed by atoms with van der Waals surface area (Å²) in [5, 5.41) is 2.88. The predicted octanol–water partition coefficient (Wildman–Crippen LogP) is 2.41. The molecular formula is C17H26N2O2. The van der Waals surface area contributed by atoms with Crippen LogP contribution < -0.4 is 15.8 Å². The zero-order valence-corrected chi connectivity index (χ0v) is 12.6. The van der Waals surface area contributed by atoms with Crippen molar-refractivity contribution in [3.63, 3.8) is 0 Å². The fourth-order valence-electron chi connectivity index (χ4n) is 2.65. The first-order chi connectivity index (χ1) is 10.3. The molecule has 0 spiro atoms. The first-order valence-electron chi connectivity index (χ1n) is 8.00. The highest BCUT2D eigenvalue weighted by atomic mass is 16.5. The van der Waals surface area contributed by atoms with E-state index in [1.165, 1.54) is 12.8 Å². The van der Waals surface area contributed by atoms with Crippen LogP contribution in [-0.4, -0.2) is 25.1 Å². The molecule has 1 aliphatic carbocycles. The average Bonchev–Trinajstić information content (AvgIpc) is 2.99. The van der Waals surface area contributed by atoms with Crippen LogP contribution in [0.5, 0.6) is 5.75 Å². The van der Waals surface area contributed by atoms with E-state index in [0.717, 1.165) is 37.0 Å². The van der Waals surface area contributed by atoms with E-state index in [1.54, 1.807) is 0 Å². The smallest absolute Gasteiger partial charge is 0.220 e. The third-order valence-corrected chi connectivity index (χ3v) is 3.85. The maximum Gasteiger partial charge on any atom is 0.220 e. The van der Waals surface area contributed by atoms with Crippen LogP contribution in [0, 0.1) is 0 Å². The highest BCUT2D eigenvalue weighted by Crippen LogP contribution is 2.24. The lowest BCUT2D eigenvalue weighted by molar-refractivity contribution is -0.121. The third kappa shape index (κ3) is 5.76. The van der Waals surface area contributed by atoms with Crippen LogP contribution >= 0.6 is 0 Å². The molecule has 1 saturated carbocycles. The second-order valence-electron chi connectivity index (χ2n) is 5.66. The lowest BCUT2D eigenvalue weighted by atomic mass is 10.1. The number of carbonyl (C=O) groups is 1. The number of nitrogens with one attached hydrogen (secondary N) is 1. The number of rotatable bonds is 8. The van der Waals surface area contributed by atoms with Gasteiger partial charge in [0.15, 0.2) is 0 Å². The molecule has 0 radical (unpaired) electrons. The molecular weight excluding hydrogens is 264 g/mol. The second-order valence-corrected chi connectivity index (χ2v) is 5.66. The minimum Gasteiger partial charge on any atom is -0.490 e. The number of ether oxygens (including phenoxy) is 1. The average molecular weight is 290 g/mol. The van der Waals surface area contributed by atoms with Crippen LogP contribution in [0.4, 0.5) is 0 Å². The molecule has 1 amide bonds. The van der Waals surface area contributed by atoms with Gasteiger partial charge in [0.05, 0.1) is 6.10 Å². The van der Waals surface area contributed by atoms with E-state index in [0.29, 0.717) is 25.6 Å². The zero-order chi connectivity index (χ0) is 14.9. The summed E-state index contributed by atoms with van der Waals surface area (Å²) in [6, 6.07) is 8.12. The quantitative estimate of drug-likeness (QED) is 0.723. The Labute approximate surface area is 127 Å². The molecule has 1 aliphatic rings. The SMILES string of the molecule is NCCCNC(=O)CCc1cccc(OC2CCCC2)c1. The van der Waals surface area contributed by atoms with Gasteiger partial charge >= 0.3 is 0 Å². The van der Waals surface area contributed by atoms with E-state index in [1.807, 2.05) is 12.1 Å².